The second kappa shape index (κ2) is 14.5. The summed E-state index contributed by atoms with van der Waals surface area (Å²) in [5.74, 6) is -0.265. The van der Waals surface area contributed by atoms with Gasteiger partial charge < -0.3 is 29.2 Å². The summed E-state index contributed by atoms with van der Waals surface area (Å²) in [6.07, 6.45) is 0. The number of methoxy groups -OCH3 is 4. The van der Waals surface area contributed by atoms with Gasteiger partial charge in [-0.05, 0) is 43.3 Å². The van der Waals surface area contributed by atoms with Gasteiger partial charge >= 0.3 is 0 Å². The predicted octanol–water partition coefficient (Wildman–Crippen LogP) is 4.39. The van der Waals surface area contributed by atoms with E-state index in [4.69, 9.17) is 42.1 Å². The number of hydrogen-bond acceptors (Lipinski definition) is 8. The minimum absolute atomic E-state index is 0.0216. The Kier molecular flexibility index (Phi) is 11.4. The van der Waals surface area contributed by atoms with Gasteiger partial charge in [-0.2, -0.15) is 0 Å². The lowest BCUT2D eigenvalue weighted by atomic mass is 10.1. The summed E-state index contributed by atoms with van der Waals surface area (Å²) in [4.78, 5) is 27.9. The average Bonchev–Trinajstić information content (AvgIpc) is 3.01. The number of likely N-dealkylation sites (N-methyl/N-ethyl adjacent to an activating group) is 1. The second-order valence-corrected chi connectivity index (χ2v) is 11.8. The Hall–Kier alpha value is -3.87. The van der Waals surface area contributed by atoms with Crippen molar-refractivity contribution >= 4 is 50.7 Å². The van der Waals surface area contributed by atoms with Crippen molar-refractivity contribution < 1.29 is 37.0 Å². The fourth-order valence-electron chi connectivity index (χ4n) is 4.25. The molecule has 0 unspecified atom stereocenters. The summed E-state index contributed by atoms with van der Waals surface area (Å²) in [6, 6.07) is 12.4. The van der Waals surface area contributed by atoms with Crippen LogP contribution in [0.3, 0.4) is 0 Å². The third-order valence-electron chi connectivity index (χ3n) is 6.68. The lowest BCUT2D eigenvalue weighted by molar-refractivity contribution is -0.139. The van der Waals surface area contributed by atoms with E-state index >= 15 is 0 Å². The first-order valence-electron chi connectivity index (χ1n) is 12.8. The van der Waals surface area contributed by atoms with E-state index in [2.05, 4.69) is 5.32 Å². The van der Waals surface area contributed by atoms with Crippen molar-refractivity contribution in [1.82, 2.24) is 10.2 Å². The van der Waals surface area contributed by atoms with Crippen LogP contribution in [0.15, 0.2) is 59.5 Å². The maximum Gasteiger partial charge on any atom is 0.265 e. The van der Waals surface area contributed by atoms with Crippen LogP contribution in [0.4, 0.5) is 5.69 Å². The van der Waals surface area contributed by atoms with Crippen LogP contribution in [-0.4, -0.2) is 73.2 Å². The molecular formula is C29H33Cl2N3O8S. The van der Waals surface area contributed by atoms with E-state index in [1.54, 1.807) is 24.3 Å². The molecule has 0 heterocycles. The van der Waals surface area contributed by atoms with Gasteiger partial charge in [-0.15, -0.1) is 0 Å². The number of carbonyl (C=O) groups excluding carboxylic acids is 2. The van der Waals surface area contributed by atoms with Gasteiger partial charge in [0.1, 0.15) is 24.1 Å². The molecule has 0 aliphatic carbocycles. The molecule has 43 heavy (non-hydrogen) atoms. The molecule has 0 bridgehead atoms. The molecule has 3 aromatic carbocycles. The quantitative estimate of drug-likeness (QED) is 0.288. The first-order valence-corrected chi connectivity index (χ1v) is 15.0. The Morgan fingerprint density at radius 2 is 1.47 bits per heavy atom. The summed E-state index contributed by atoms with van der Waals surface area (Å²) in [5.41, 5.74) is 0.413. The van der Waals surface area contributed by atoms with Crippen molar-refractivity contribution in [3.8, 4) is 23.0 Å². The highest BCUT2D eigenvalue weighted by Gasteiger charge is 2.35. The zero-order chi connectivity index (χ0) is 31.9. The fourth-order valence-corrected chi connectivity index (χ4v) is 6.20. The molecule has 232 valence electrons. The van der Waals surface area contributed by atoms with Crippen molar-refractivity contribution in [2.24, 2.45) is 0 Å². The van der Waals surface area contributed by atoms with E-state index in [1.165, 1.54) is 77.6 Å². The number of hydrogen-bond donors (Lipinski definition) is 1. The van der Waals surface area contributed by atoms with Crippen molar-refractivity contribution in [1.29, 1.82) is 0 Å². The van der Waals surface area contributed by atoms with Crippen molar-refractivity contribution in [3.05, 3.63) is 70.2 Å². The third kappa shape index (κ3) is 7.38. The highest BCUT2D eigenvalue weighted by molar-refractivity contribution is 7.92. The fraction of sp³-hybridized carbons (Fsp3) is 0.310. The van der Waals surface area contributed by atoms with Crippen LogP contribution < -0.4 is 28.6 Å². The number of sulfonamides is 1. The van der Waals surface area contributed by atoms with Crippen LogP contribution in [0.1, 0.15) is 12.5 Å². The normalized spacial score (nSPS) is 11.7. The molecule has 0 aromatic heterocycles. The standard InChI is InChI=1S/C29H33Cl2N3O8S/c1-18(29(36)32-2)33(16-21-22(30)8-7-9-23(21)31)28(35)17-34(24-14-19(39-3)10-12-25(24)40-4)43(37,38)20-11-13-26(41-5)27(15-20)42-6/h7-15,18H,16-17H2,1-6H3,(H,32,36)/t18-/m0/s1. The summed E-state index contributed by atoms with van der Waals surface area (Å²) < 4.78 is 50.9. The summed E-state index contributed by atoms with van der Waals surface area (Å²) in [5, 5.41) is 3.07. The SMILES string of the molecule is CNC(=O)[C@H](C)N(Cc1c(Cl)cccc1Cl)C(=O)CN(c1cc(OC)ccc1OC)S(=O)(=O)c1ccc(OC)c(OC)c1. The van der Waals surface area contributed by atoms with Crippen LogP contribution in [0.25, 0.3) is 0 Å². The largest absolute Gasteiger partial charge is 0.497 e. The second-order valence-electron chi connectivity index (χ2n) is 9.08. The van der Waals surface area contributed by atoms with Gasteiger partial charge in [-0.1, -0.05) is 29.3 Å². The molecule has 14 heteroatoms. The summed E-state index contributed by atoms with van der Waals surface area (Å²) in [7, 11) is 2.54. The third-order valence-corrected chi connectivity index (χ3v) is 9.14. The van der Waals surface area contributed by atoms with Gasteiger partial charge in [0.15, 0.2) is 11.5 Å². The number of amides is 2. The van der Waals surface area contributed by atoms with Crippen LogP contribution in [0.5, 0.6) is 23.0 Å². The monoisotopic (exact) mass is 653 g/mol. The molecule has 0 saturated carbocycles. The van der Waals surface area contributed by atoms with Crippen molar-refractivity contribution in [2.75, 3.05) is 46.3 Å². The van der Waals surface area contributed by atoms with E-state index in [0.717, 1.165) is 4.31 Å². The van der Waals surface area contributed by atoms with E-state index < -0.39 is 34.4 Å². The maximum atomic E-state index is 14.3. The molecule has 0 fully saturated rings. The molecule has 0 saturated heterocycles. The number of benzene rings is 3. The van der Waals surface area contributed by atoms with Crippen molar-refractivity contribution in [3.63, 3.8) is 0 Å². The first kappa shape index (κ1) is 33.6. The molecule has 0 spiro atoms. The van der Waals surface area contributed by atoms with Gasteiger partial charge in [0.05, 0.1) is 39.0 Å². The maximum absolute atomic E-state index is 14.3. The smallest absolute Gasteiger partial charge is 0.265 e. The van der Waals surface area contributed by atoms with Crippen LogP contribution in [-0.2, 0) is 26.2 Å². The molecule has 11 nitrogen and oxygen atoms in total. The lowest BCUT2D eigenvalue weighted by Crippen LogP contribution is -2.50. The topological polar surface area (TPSA) is 124 Å². The van der Waals surface area contributed by atoms with Gasteiger partial charge in [-0.25, -0.2) is 8.42 Å². The Balaban J connectivity index is 2.20. The van der Waals surface area contributed by atoms with Gasteiger partial charge in [0.25, 0.3) is 10.0 Å². The highest BCUT2D eigenvalue weighted by Crippen LogP contribution is 2.38. The Labute approximate surface area is 261 Å². The Morgan fingerprint density at radius 3 is 2.02 bits per heavy atom. The van der Waals surface area contributed by atoms with E-state index in [9.17, 15) is 18.0 Å². The van der Waals surface area contributed by atoms with E-state index in [-0.39, 0.29) is 38.7 Å². The van der Waals surface area contributed by atoms with E-state index in [1.807, 2.05) is 0 Å². The molecule has 1 atom stereocenters. The predicted molar refractivity (Wildman–Crippen MR) is 164 cm³/mol. The Morgan fingerprint density at radius 1 is 0.860 bits per heavy atom. The van der Waals surface area contributed by atoms with Crippen LogP contribution in [0, 0.1) is 0 Å². The number of nitrogens with one attached hydrogen (secondary N) is 1. The molecule has 0 aliphatic rings. The van der Waals surface area contributed by atoms with Crippen molar-refractivity contribution in [2.45, 2.75) is 24.4 Å². The van der Waals surface area contributed by atoms with E-state index in [0.29, 0.717) is 17.1 Å². The number of halogens is 2. The molecule has 0 radical (unpaired) electrons. The molecule has 2 amide bonds. The molecule has 3 rings (SSSR count). The zero-order valence-corrected chi connectivity index (χ0v) is 26.8. The molecule has 1 N–H and O–H groups in total. The van der Waals surface area contributed by atoms with Gasteiger partial charge in [-0.3, -0.25) is 13.9 Å². The zero-order valence-electron chi connectivity index (χ0n) is 24.5. The highest BCUT2D eigenvalue weighted by atomic mass is 35.5. The molecule has 0 aliphatic heterocycles. The summed E-state index contributed by atoms with van der Waals surface area (Å²) >= 11 is 12.8. The van der Waals surface area contributed by atoms with Crippen LogP contribution >= 0.6 is 23.2 Å². The number of rotatable bonds is 13. The minimum Gasteiger partial charge on any atom is -0.497 e. The van der Waals surface area contributed by atoms with Crippen LogP contribution in [0.2, 0.25) is 10.0 Å². The van der Waals surface area contributed by atoms with Gasteiger partial charge in [0, 0.05) is 41.3 Å². The molecule has 3 aromatic rings. The first-order chi connectivity index (χ1) is 20.4. The number of anilines is 1. The lowest BCUT2D eigenvalue weighted by Gasteiger charge is -2.32. The number of carbonyl (C=O) groups is 2. The van der Waals surface area contributed by atoms with Gasteiger partial charge in [0.2, 0.25) is 11.8 Å². The Bertz CT molecular complexity index is 1570. The number of ether oxygens (including phenoxy) is 4. The summed E-state index contributed by atoms with van der Waals surface area (Å²) in [6.45, 7) is 0.607. The number of nitrogens with zero attached hydrogens (tertiary/aromatic N) is 2. The molecular weight excluding hydrogens is 621 g/mol. The average molecular weight is 655 g/mol. The minimum atomic E-state index is -4.48.